The van der Waals surface area contributed by atoms with Crippen LogP contribution in [0.25, 0.3) is 0 Å². The van der Waals surface area contributed by atoms with Gasteiger partial charge in [0.15, 0.2) is 0 Å². The van der Waals surface area contributed by atoms with Crippen LogP contribution in [0.1, 0.15) is 25.0 Å². The Morgan fingerprint density at radius 3 is 2.40 bits per heavy atom. The van der Waals surface area contributed by atoms with Gasteiger partial charge in [-0.05, 0) is 13.0 Å². The molecule has 0 bridgehead atoms. The highest BCUT2D eigenvalue weighted by molar-refractivity contribution is 5.99. The van der Waals surface area contributed by atoms with Gasteiger partial charge in [0.25, 0.3) is 0 Å². The van der Waals surface area contributed by atoms with Crippen LogP contribution < -0.4 is 16.2 Å². The van der Waals surface area contributed by atoms with Crippen molar-refractivity contribution in [2.24, 2.45) is 5.73 Å². The summed E-state index contributed by atoms with van der Waals surface area (Å²) in [6.07, 6.45) is 0. The Kier molecular flexibility index (Phi) is 5.15. The van der Waals surface area contributed by atoms with Crippen LogP contribution in [0.15, 0.2) is 6.07 Å². The zero-order valence-electron chi connectivity index (χ0n) is 9.59. The number of methoxy groups -OCH3 is 1. The Labute approximate surface area is 90.0 Å². The maximum atomic E-state index is 7.22. The van der Waals surface area contributed by atoms with Crippen LogP contribution in [-0.2, 0) is 0 Å². The molecule has 0 saturated heterocycles. The molecule has 0 aliphatic heterocycles. The van der Waals surface area contributed by atoms with Crippen molar-refractivity contribution in [3.05, 3.63) is 17.2 Å². The minimum atomic E-state index is -0.0873. The van der Waals surface area contributed by atoms with Crippen LogP contribution >= 0.6 is 0 Å². The van der Waals surface area contributed by atoms with Crippen molar-refractivity contribution in [3.8, 4) is 5.88 Å². The fraction of sp³-hybridized carbons (Fsp3) is 0.400. The van der Waals surface area contributed by atoms with Gasteiger partial charge in [0.05, 0.1) is 12.7 Å². The molecular formula is C10H18N4O. The number of nitrogens with one attached hydrogen (secondary N) is 1. The lowest BCUT2D eigenvalue weighted by Crippen LogP contribution is -2.15. The second kappa shape index (κ2) is 5.85. The van der Waals surface area contributed by atoms with Gasteiger partial charge in [-0.3, -0.25) is 5.41 Å². The number of anilines is 1. The first-order valence-corrected chi connectivity index (χ1v) is 4.71. The number of aromatic nitrogens is 1. The summed E-state index contributed by atoms with van der Waals surface area (Å²) in [6.45, 7) is 5.82. The summed E-state index contributed by atoms with van der Waals surface area (Å²) in [7, 11) is 1.52. The number of nitrogens with zero attached hydrogens (tertiary/aromatic N) is 1. The highest BCUT2D eigenvalue weighted by atomic mass is 16.5. The van der Waals surface area contributed by atoms with E-state index in [9.17, 15) is 0 Å². The second-order valence-electron chi connectivity index (χ2n) is 2.66. The second-order valence-corrected chi connectivity index (χ2v) is 2.66. The predicted octanol–water partition coefficient (Wildman–Crippen LogP) is 1.29. The van der Waals surface area contributed by atoms with Crippen LogP contribution in [0.3, 0.4) is 0 Å². The molecule has 0 amide bonds. The van der Waals surface area contributed by atoms with E-state index in [0.29, 0.717) is 11.4 Å². The Hall–Kier alpha value is -1.78. The molecule has 5 heteroatoms. The van der Waals surface area contributed by atoms with E-state index in [2.05, 4.69) is 4.98 Å². The quantitative estimate of drug-likeness (QED) is 0.506. The number of hydrogen-bond acceptors (Lipinski definition) is 4. The first-order valence-electron chi connectivity index (χ1n) is 4.71. The van der Waals surface area contributed by atoms with Gasteiger partial charge in [-0.15, -0.1) is 0 Å². The zero-order valence-corrected chi connectivity index (χ0v) is 9.59. The maximum absolute atomic E-state index is 7.22. The van der Waals surface area contributed by atoms with Gasteiger partial charge in [-0.1, -0.05) is 13.8 Å². The average Bonchev–Trinajstić information content (AvgIpc) is 2.23. The molecule has 0 radical (unpaired) electrons. The topological polar surface area (TPSA) is 98.0 Å². The third kappa shape index (κ3) is 3.12. The van der Waals surface area contributed by atoms with Crippen LogP contribution in [0.4, 0.5) is 5.82 Å². The van der Waals surface area contributed by atoms with Crippen molar-refractivity contribution in [1.29, 1.82) is 5.41 Å². The van der Waals surface area contributed by atoms with Crippen molar-refractivity contribution in [2.45, 2.75) is 20.8 Å². The Balaban J connectivity index is 0.000000921. The lowest BCUT2D eigenvalue weighted by Gasteiger charge is -2.07. The van der Waals surface area contributed by atoms with Gasteiger partial charge in [0.1, 0.15) is 11.7 Å². The van der Waals surface area contributed by atoms with Gasteiger partial charge in [-0.2, -0.15) is 4.98 Å². The molecule has 0 atom stereocenters. The molecule has 0 unspecified atom stereocenters. The minimum absolute atomic E-state index is 0.0873. The predicted molar refractivity (Wildman–Crippen MR) is 62.3 cm³/mol. The Morgan fingerprint density at radius 2 is 2.00 bits per heavy atom. The van der Waals surface area contributed by atoms with Gasteiger partial charge in [0.2, 0.25) is 5.88 Å². The highest BCUT2D eigenvalue weighted by Crippen LogP contribution is 2.19. The van der Waals surface area contributed by atoms with Gasteiger partial charge in [-0.25, -0.2) is 0 Å². The molecule has 15 heavy (non-hydrogen) atoms. The third-order valence-corrected chi connectivity index (χ3v) is 1.68. The molecule has 1 aromatic heterocycles. The first kappa shape index (κ1) is 13.2. The summed E-state index contributed by atoms with van der Waals surface area (Å²) >= 11 is 0. The lowest BCUT2D eigenvalue weighted by molar-refractivity contribution is 0.395. The number of pyridine rings is 1. The number of ether oxygens (including phenoxy) is 1. The van der Waals surface area contributed by atoms with Crippen molar-refractivity contribution >= 4 is 11.7 Å². The number of nitrogen functional groups attached to an aromatic ring is 2. The molecular weight excluding hydrogens is 192 g/mol. The molecule has 5 nitrogen and oxygen atoms in total. The van der Waals surface area contributed by atoms with Crippen molar-refractivity contribution in [3.63, 3.8) is 0 Å². The lowest BCUT2D eigenvalue weighted by atomic mass is 10.2. The van der Waals surface area contributed by atoms with E-state index in [0.717, 1.165) is 5.56 Å². The average molecular weight is 210 g/mol. The largest absolute Gasteiger partial charge is 0.481 e. The van der Waals surface area contributed by atoms with Crippen LogP contribution in [0.2, 0.25) is 0 Å². The molecule has 0 aromatic carbocycles. The normalized spacial score (nSPS) is 8.80. The van der Waals surface area contributed by atoms with Crippen molar-refractivity contribution < 1.29 is 4.74 Å². The molecule has 0 aliphatic carbocycles. The molecule has 1 aromatic rings. The molecule has 84 valence electrons. The Bertz CT molecular complexity index is 350. The van der Waals surface area contributed by atoms with Gasteiger partial charge >= 0.3 is 0 Å². The van der Waals surface area contributed by atoms with E-state index < -0.39 is 0 Å². The Morgan fingerprint density at radius 1 is 1.47 bits per heavy atom. The third-order valence-electron chi connectivity index (χ3n) is 1.68. The van der Waals surface area contributed by atoms with E-state index in [1.165, 1.54) is 7.11 Å². The van der Waals surface area contributed by atoms with Crippen molar-refractivity contribution in [2.75, 3.05) is 12.8 Å². The van der Waals surface area contributed by atoms with Crippen molar-refractivity contribution in [1.82, 2.24) is 4.98 Å². The summed E-state index contributed by atoms with van der Waals surface area (Å²) in [6, 6.07) is 1.68. The van der Waals surface area contributed by atoms with E-state index >= 15 is 0 Å². The summed E-state index contributed by atoms with van der Waals surface area (Å²) in [5.41, 5.74) is 12.1. The van der Waals surface area contributed by atoms with E-state index in [4.69, 9.17) is 21.6 Å². The summed E-state index contributed by atoms with van der Waals surface area (Å²) in [5.74, 6) is 0.591. The standard InChI is InChI=1S/C8H12N4O.C2H6/c1-4-3-5(6(9)10)7(11)12-8(4)13-2;1-2/h3H,1-2H3,(H3,9,10)(H2,11,12);1-2H3. The number of aryl methyl sites for hydroxylation is 1. The van der Waals surface area contributed by atoms with Gasteiger partial charge < -0.3 is 16.2 Å². The monoisotopic (exact) mass is 210 g/mol. The van der Waals surface area contributed by atoms with Gasteiger partial charge in [0, 0.05) is 5.56 Å². The summed E-state index contributed by atoms with van der Waals surface area (Å²) in [4.78, 5) is 3.95. The van der Waals surface area contributed by atoms with E-state index in [1.807, 2.05) is 20.8 Å². The maximum Gasteiger partial charge on any atom is 0.217 e. The van der Waals surface area contributed by atoms with Crippen LogP contribution in [0, 0.1) is 12.3 Å². The highest BCUT2D eigenvalue weighted by Gasteiger charge is 2.08. The smallest absolute Gasteiger partial charge is 0.217 e. The summed E-state index contributed by atoms with van der Waals surface area (Å²) in [5, 5.41) is 7.22. The summed E-state index contributed by atoms with van der Waals surface area (Å²) < 4.78 is 4.96. The van der Waals surface area contributed by atoms with E-state index in [-0.39, 0.29) is 11.7 Å². The molecule has 1 heterocycles. The molecule has 1 rings (SSSR count). The molecule has 0 saturated carbocycles. The molecule has 0 fully saturated rings. The fourth-order valence-electron chi connectivity index (χ4n) is 1.03. The van der Waals surface area contributed by atoms with Crippen LogP contribution in [0.5, 0.6) is 5.88 Å². The molecule has 5 N–H and O–H groups in total. The van der Waals surface area contributed by atoms with E-state index in [1.54, 1.807) is 6.07 Å². The SMILES string of the molecule is CC.COc1nc(N)c(C(=N)N)cc1C. The minimum Gasteiger partial charge on any atom is -0.481 e. The number of amidine groups is 1. The molecule has 0 aliphatic rings. The number of rotatable bonds is 2. The fourth-order valence-corrected chi connectivity index (χ4v) is 1.03. The zero-order chi connectivity index (χ0) is 12.0. The molecule has 0 spiro atoms. The number of hydrogen-bond donors (Lipinski definition) is 3. The van der Waals surface area contributed by atoms with Crippen LogP contribution in [-0.4, -0.2) is 17.9 Å². The first-order chi connectivity index (χ1) is 7.06. The number of nitrogens with two attached hydrogens (primary N) is 2.